The zero-order valence-corrected chi connectivity index (χ0v) is 19.0. The summed E-state index contributed by atoms with van der Waals surface area (Å²) in [5, 5.41) is 2.91. The fraction of sp³-hybridized carbons (Fsp3) is 0.0741. The van der Waals surface area contributed by atoms with Crippen LogP contribution in [0.25, 0.3) is 11.1 Å². The van der Waals surface area contributed by atoms with E-state index in [1.807, 2.05) is 73.7 Å². The Morgan fingerprint density at radius 1 is 0.758 bits per heavy atom. The molecule has 4 aromatic carbocycles. The third-order valence-corrected chi connectivity index (χ3v) is 7.06. The van der Waals surface area contributed by atoms with Crippen molar-refractivity contribution in [2.45, 2.75) is 11.8 Å². The van der Waals surface area contributed by atoms with Crippen LogP contribution in [0.3, 0.4) is 0 Å². The Balaban J connectivity index is 1.67. The largest absolute Gasteiger partial charge is 0.324 e. The number of sulfonamides is 1. The van der Waals surface area contributed by atoms with Crippen LogP contribution in [0.1, 0.15) is 5.56 Å². The summed E-state index contributed by atoms with van der Waals surface area (Å²) in [7, 11) is -3.95. The second-order valence-electron chi connectivity index (χ2n) is 7.57. The minimum Gasteiger partial charge on any atom is -0.324 e. The molecule has 0 aliphatic carbocycles. The van der Waals surface area contributed by atoms with Gasteiger partial charge in [-0.3, -0.25) is 9.10 Å². The van der Waals surface area contributed by atoms with Crippen LogP contribution in [0.15, 0.2) is 114 Å². The lowest BCUT2D eigenvalue weighted by molar-refractivity contribution is -0.114. The molecule has 0 aromatic heterocycles. The van der Waals surface area contributed by atoms with Crippen molar-refractivity contribution < 1.29 is 13.2 Å². The van der Waals surface area contributed by atoms with Crippen molar-refractivity contribution in [2.24, 2.45) is 0 Å². The Hall–Kier alpha value is -3.90. The van der Waals surface area contributed by atoms with Crippen molar-refractivity contribution >= 4 is 27.3 Å². The molecule has 4 rings (SSSR count). The fourth-order valence-electron chi connectivity index (χ4n) is 3.64. The van der Waals surface area contributed by atoms with Gasteiger partial charge in [-0.15, -0.1) is 0 Å². The summed E-state index contributed by atoms with van der Waals surface area (Å²) in [6.45, 7) is 1.47. The highest BCUT2D eigenvalue weighted by Crippen LogP contribution is 2.29. The van der Waals surface area contributed by atoms with Gasteiger partial charge in [-0.1, -0.05) is 84.9 Å². The normalized spacial score (nSPS) is 11.1. The summed E-state index contributed by atoms with van der Waals surface area (Å²) in [5.74, 6) is -0.429. The molecule has 0 bridgehead atoms. The zero-order valence-electron chi connectivity index (χ0n) is 18.2. The summed E-state index contributed by atoms with van der Waals surface area (Å²) in [4.78, 5) is 13.3. The quantitative estimate of drug-likeness (QED) is 0.400. The van der Waals surface area contributed by atoms with Crippen LogP contribution in [0.4, 0.5) is 11.4 Å². The van der Waals surface area contributed by atoms with E-state index < -0.39 is 15.9 Å². The predicted octanol–water partition coefficient (Wildman–Crippen LogP) is 5.50. The van der Waals surface area contributed by atoms with E-state index in [1.165, 1.54) is 12.1 Å². The van der Waals surface area contributed by atoms with Crippen molar-refractivity contribution in [1.82, 2.24) is 0 Å². The zero-order chi connectivity index (χ0) is 23.3. The topological polar surface area (TPSA) is 66.5 Å². The average molecular weight is 457 g/mol. The van der Waals surface area contributed by atoms with Crippen molar-refractivity contribution in [2.75, 3.05) is 16.2 Å². The maximum Gasteiger partial charge on any atom is 0.264 e. The molecule has 0 saturated carbocycles. The molecule has 0 unspecified atom stereocenters. The summed E-state index contributed by atoms with van der Waals surface area (Å²) >= 11 is 0. The van der Waals surface area contributed by atoms with Gasteiger partial charge in [-0.05, 0) is 42.3 Å². The monoisotopic (exact) mass is 456 g/mol. The number of nitrogens with zero attached hydrogens (tertiary/aromatic N) is 1. The van der Waals surface area contributed by atoms with Gasteiger partial charge in [0.1, 0.15) is 6.54 Å². The molecule has 0 heterocycles. The van der Waals surface area contributed by atoms with Crippen molar-refractivity contribution in [3.63, 3.8) is 0 Å². The van der Waals surface area contributed by atoms with Crippen molar-refractivity contribution in [3.05, 3.63) is 115 Å². The Morgan fingerprint density at radius 3 is 2.03 bits per heavy atom. The van der Waals surface area contributed by atoms with Crippen LogP contribution in [0, 0.1) is 6.92 Å². The molecule has 0 aliphatic rings. The molecule has 166 valence electrons. The maximum atomic E-state index is 13.5. The first kappa shape index (κ1) is 22.3. The first-order valence-electron chi connectivity index (χ1n) is 10.5. The third-order valence-electron chi connectivity index (χ3n) is 5.29. The van der Waals surface area contributed by atoms with Gasteiger partial charge in [0.2, 0.25) is 5.91 Å². The molecule has 6 heteroatoms. The Morgan fingerprint density at radius 2 is 1.33 bits per heavy atom. The van der Waals surface area contributed by atoms with Gasteiger partial charge in [0, 0.05) is 11.3 Å². The van der Waals surface area contributed by atoms with Crippen LogP contribution in [-0.4, -0.2) is 20.9 Å². The minimum atomic E-state index is -3.95. The Labute approximate surface area is 194 Å². The molecule has 33 heavy (non-hydrogen) atoms. The van der Waals surface area contributed by atoms with Gasteiger partial charge >= 0.3 is 0 Å². The van der Waals surface area contributed by atoms with E-state index in [4.69, 9.17) is 0 Å². The highest BCUT2D eigenvalue weighted by Gasteiger charge is 2.28. The van der Waals surface area contributed by atoms with Crippen molar-refractivity contribution in [3.8, 4) is 11.1 Å². The highest BCUT2D eigenvalue weighted by molar-refractivity contribution is 7.92. The molecule has 0 aliphatic heterocycles. The number of aryl methyl sites for hydroxylation is 1. The molecule has 0 fully saturated rings. The lowest BCUT2D eigenvalue weighted by atomic mass is 10.0. The number of rotatable bonds is 7. The number of nitrogens with one attached hydrogen (secondary N) is 1. The molecular formula is C27H24N2O3S. The van der Waals surface area contributed by atoms with Gasteiger partial charge in [0.25, 0.3) is 10.0 Å². The van der Waals surface area contributed by atoms with Gasteiger partial charge in [0.05, 0.1) is 10.6 Å². The second-order valence-corrected chi connectivity index (χ2v) is 9.43. The lowest BCUT2D eigenvalue weighted by Gasteiger charge is -2.25. The standard InChI is InChI=1S/C27H24N2O3S/c1-21-12-8-11-19-26(21)29(33(31,32)23-15-6-3-7-16-23)20-27(30)28-25-18-10-9-17-24(25)22-13-4-2-5-14-22/h2-19H,20H2,1H3,(H,28,30). The van der Waals surface area contributed by atoms with Gasteiger partial charge in [0.15, 0.2) is 0 Å². The number of hydrogen-bond donors (Lipinski definition) is 1. The predicted molar refractivity (Wildman–Crippen MR) is 133 cm³/mol. The van der Waals surface area contributed by atoms with E-state index in [9.17, 15) is 13.2 Å². The Kier molecular flexibility index (Phi) is 6.56. The summed E-state index contributed by atoms with van der Waals surface area (Å²) in [6.07, 6.45) is 0. The number of amides is 1. The lowest BCUT2D eigenvalue weighted by Crippen LogP contribution is -2.38. The number of para-hydroxylation sites is 2. The summed E-state index contributed by atoms with van der Waals surface area (Å²) in [5.41, 5.74) is 3.67. The van der Waals surface area contributed by atoms with Crippen molar-refractivity contribution in [1.29, 1.82) is 0 Å². The van der Waals surface area contributed by atoms with Crippen LogP contribution < -0.4 is 9.62 Å². The summed E-state index contributed by atoms with van der Waals surface area (Å²) < 4.78 is 28.2. The van der Waals surface area contributed by atoms with Crippen LogP contribution in [-0.2, 0) is 14.8 Å². The number of benzene rings is 4. The van der Waals surface area contributed by atoms with Gasteiger partial charge in [-0.2, -0.15) is 0 Å². The number of carbonyl (C=O) groups is 1. The van der Waals surface area contributed by atoms with Gasteiger partial charge in [-0.25, -0.2) is 8.42 Å². The average Bonchev–Trinajstić information content (AvgIpc) is 2.84. The second kappa shape index (κ2) is 9.71. The van der Waals surface area contributed by atoms with E-state index >= 15 is 0 Å². The number of carbonyl (C=O) groups excluding carboxylic acids is 1. The molecule has 0 atom stereocenters. The molecule has 1 amide bonds. The van der Waals surface area contributed by atoms with E-state index in [1.54, 1.807) is 30.3 Å². The minimum absolute atomic E-state index is 0.130. The van der Waals surface area contributed by atoms with E-state index in [-0.39, 0.29) is 11.4 Å². The van der Waals surface area contributed by atoms with E-state index in [0.29, 0.717) is 11.4 Å². The molecule has 1 N–H and O–H groups in total. The molecular weight excluding hydrogens is 432 g/mol. The smallest absolute Gasteiger partial charge is 0.264 e. The highest BCUT2D eigenvalue weighted by atomic mass is 32.2. The van der Waals surface area contributed by atoms with Crippen LogP contribution in [0.5, 0.6) is 0 Å². The first-order valence-corrected chi connectivity index (χ1v) is 12.0. The maximum absolute atomic E-state index is 13.5. The van der Waals surface area contributed by atoms with Crippen LogP contribution in [0.2, 0.25) is 0 Å². The van der Waals surface area contributed by atoms with Crippen LogP contribution >= 0.6 is 0 Å². The summed E-state index contributed by atoms with van der Waals surface area (Å²) in [6, 6.07) is 32.5. The van der Waals surface area contributed by atoms with E-state index in [0.717, 1.165) is 21.0 Å². The number of anilines is 2. The fourth-order valence-corrected chi connectivity index (χ4v) is 5.15. The van der Waals surface area contributed by atoms with Gasteiger partial charge < -0.3 is 5.32 Å². The molecule has 5 nitrogen and oxygen atoms in total. The number of hydrogen-bond acceptors (Lipinski definition) is 3. The Bertz CT molecular complexity index is 1350. The third kappa shape index (κ3) is 4.96. The molecule has 0 radical (unpaired) electrons. The first-order chi connectivity index (χ1) is 16.0. The van der Waals surface area contributed by atoms with E-state index in [2.05, 4.69) is 5.32 Å². The molecule has 4 aromatic rings. The SMILES string of the molecule is Cc1ccccc1N(CC(=O)Nc1ccccc1-c1ccccc1)S(=O)(=O)c1ccccc1. The molecule has 0 spiro atoms. The molecule has 0 saturated heterocycles.